The number of thiocarbonyl (C=S) groups is 1. The molecule has 0 spiro atoms. The van der Waals surface area contributed by atoms with Gasteiger partial charge in [-0.2, -0.15) is 0 Å². The van der Waals surface area contributed by atoms with E-state index in [1.54, 1.807) is 23.5 Å². The van der Waals surface area contributed by atoms with E-state index in [4.69, 9.17) is 12.2 Å². The minimum Gasteiger partial charge on any atom is -0.332 e. The number of amides is 1. The van der Waals surface area contributed by atoms with Gasteiger partial charge in [-0.05, 0) is 42.5 Å². The second kappa shape index (κ2) is 8.36. The molecule has 2 N–H and O–H groups in total. The molecule has 0 fully saturated rings. The lowest BCUT2D eigenvalue weighted by atomic mass is 10.1. The van der Waals surface area contributed by atoms with E-state index >= 15 is 0 Å². The van der Waals surface area contributed by atoms with Crippen molar-refractivity contribution in [3.05, 3.63) is 88.5 Å². The van der Waals surface area contributed by atoms with Crippen molar-refractivity contribution in [2.24, 2.45) is 0 Å². The lowest BCUT2D eigenvalue weighted by Crippen LogP contribution is -2.34. The minimum atomic E-state index is -0.651. The monoisotopic (exact) mass is 434 g/mol. The van der Waals surface area contributed by atoms with E-state index < -0.39 is 10.8 Å². The smallest absolute Gasteiger partial charge is 0.282 e. The Balaban J connectivity index is 1.49. The molecule has 1 aromatic heterocycles. The summed E-state index contributed by atoms with van der Waals surface area (Å²) in [5, 5.41) is 17.4. The van der Waals surface area contributed by atoms with Gasteiger partial charge in [0, 0.05) is 17.3 Å². The lowest BCUT2D eigenvalue weighted by Gasteiger charge is -2.10. The van der Waals surface area contributed by atoms with Crippen LogP contribution in [-0.2, 0) is 0 Å². The first kappa shape index (κ1) is 19.6. The number of nitro benzene ring substituents is 1. The number of para-hydroxylation sites is 2. The van der Waals surface area contributed by atoms with Gasteiger partial charge < -0.3 is 5.32 Å². The fraction of sp³-hybridized carbons (Fsp3) is 0. The molecule has 0 aliphatic heterocycles. The number of hydrogen-bond acceptors (Lipinski definition) is 6. The highest BCUT2D eigenvalue weighted by molar-refractivity contribution is 7.80. The number of thiazole rings is 1. The van der Waals surface area contributed by atoms with Crippen LogP contribution in [0.2, 0.25) is 0 Å². The molecule has 0 aliphatic carbocycles. The lowest BCUT2D eigenvalue weighted by molar-refractivity contribution is -0.385. The zero-order chi connectivity index (χ0) is 21.1. The molecule has 0 atom stereocenters. The Labute approximate surface area is 180 Å². The second-order valence-electron chi connectivity index (χ2n) is 6.25. The van der Waals surface area contributed by atoms with E-state index in [0.717, 1.165) is 20.8 Å². The van der Waals surface area contributed by atoms with Gasteiger partial charge in [0.25, 0.3) is 11.6 Å². The van der Waals surface area contributed by atoms with Crippen LogP contribution in [0.1, 0.15) is 10.4 Å². The Bertz CT molecular complexity index is 1250. The molecule has 0 radical (unpaired) electrons. The summed E-state index contributed by atoms with van der Waals surface area (Å²) in [5.41, 5.74) is 2.17. The van der Waals surface area contributed by atoms with E-state index in [0.29, 0.717) is 5.69 Å². The van der Waals surface area contributed by atoms with Crippen LogP contribution >= 0.6 is 23.6 Å². The van der Waals surface area contributed by atoms with Crippen LogP contribution in [0.4, 0.5) is 11.4 Å². The van der Waals surface area contributed by atoms with Gasteiger partial charge in [-0.25, -0.2) is 4.98 Å². The molecule has 30 heavy (non-hydrogen) atoms. The number of benzene rings is 3. The fourth-order valence-electron chi connectivity index (χ4n) is 2.88. The number of carbonyl (C=O) groups is 1. The van der Waals surface area contributed by atoms with Crippen molar-refractivity contribution in [3.63, 3.8) is 0 Å². The van der Waals surface area contributed by atoms with Crippen LogP contribution < -0.4 is 10.6 Å². The average Bonchev–Trinajstić information content (AvgIpc) is 3.18. The van der Waals surface area contributed by atoms with Gasteiger partial charge in [-0.3, -0.25) is 20.2 Å². The summed E-state index contributed by atoms with van der Waals surface area (Å²) in [4.78, 5) is 27.6. The number of nitrogens with zero attached hydrogens (tertiary/aromatic N) is 2. The van der Waals surface area contributed by atoms with E-state index in [9.17, 15) is 14.9 Å². The normalized spacial score (nSPS) is 10.5. The molecule has 1 amide bonds. The van der Waals surface area contributed by atoms with Crippen molar-refractivity contribution in [2.75, 3.05) is 5.32 Å². The summed E-state index contributed by atoms with van der Waals surface area (Å²) in [6.45, 7) is 0. The molecule has 0 aliphatic rings. The molecule has 3 aromatic carbocycles. The number of fused-ring (bicyclic) bond motifs is 1. The predicted octanol–water partition coefficient (Wildman–Crippen LogP) is 5.00. The van der Waals surface area contributed by atoms with Gasteiger partial charge in [-0.15, -0.1) is 11.3 Å². The summed E-state index contributed by atoms with van der Waals surface area (Å²) >= 11 is 6.79. The van der Waals surface area contributed by atoms with E-state index in [2.05, 4.69) is 15.6 Å². The predicted molar refractivity (Wildman–Crippen MR) is 122 cm³/mol. The Hall–Kier alpha value is -3.69. The van der Waals surface area contributed by atoms with Gasteiger partial charge in [0.15, 0.2) is 5.11 Å². The van der Waals surface area contributed by atoms with Crippen molar-refractivity contribution in [2.45, 2.75) is 0 Å². The van der Waals surface area contributed by atoms with Gasteiger partial charge in [0.05, 0.1) is 15.1 Å². The molecule has 148 valence electrons. The van der Waals surface area contributed by atoms with Crippen molar-refractivity contribution in [1.82, 2.24) is 10.3 Å². The molecule has 1 heterocycles. The van der Waals surface area contributed by atoms with Crippen LogP contribution in [0.3, 0.4) is 0 Å². The number of anilines is 1. The van der Waals surface area contributed by atoms with Gasteiger partial charge >= 0.3 is 0 Å². The molecule has 0 unspecified atom stereocenters. The summed E-state index contributed by atoms with van der Waals surface area (Å²) in [7, 11) is 0. The molecule has 0 bridgehead atoms. The highest BCUT2D eigenvalue weighted by Gasteiger charge is 2.20. The molecular formula is C21H14N4O3S2. The maximum atomic E-state index is 12.4. The number of nitro groups is 1. The molecule has 7 nitrogen and oxygen atoms in total. The molecule has 0 saturated carbocycles. The topological polar surface area (TPSA) is 97.2 Å². The summed E-state index contributed by atoms with van der Waals surface area (Å²) in [6.07, 6.45) is 0. The number of aromatic nitrogens is 1. The Morgan fingerprint density at radius 1 is 1.03 bits per heavy atom. The van der Waals surface area contributed by atoms with E-state index in [1.165, 1.54) is 18.2 Å². The summed E-state index contributed by atoms with van der Waals surface area (Å²) in [6, 6.07) is 21.1. The third-order valence-electron chi connectivity index (χ3n) is 4.23. The molecule has 4 aromatic rings. The molecule has 4 rings (SSSR count). The average molecular weight is 435 g/mol. The maximum Gasteiger partial charge on any atom is 0.282 e. The van der Waals surface area contributed by atoms with Crippen LogP contribution in [0.25, 0.3) is 20.8 Å². The number of nitrogens with one attached hydrogen (secondary N) is 2. The SMILES string of the molecule is O=C(NC(=S)Nc1cccc(-c2nc3ccccc3s2)c1)c1ccccc1[N+](=O)[O-]. The third kappa shape index (κ3) is 4.17. The quantitative estimate of drug-likeness (QED) is 0.267. The van der Waals surface area contributed by atoms with Crippen molar-refractivity contribution >= 4 is 56.2 Å². The second-order valence-corrected chi connectivity index (χ2v) is 7.69. The Kier molecular flexibility index (Phi) is 5.46. The fourth-order valence-corrected chi connectivity index (χ4v) is 4.06. The first-order valence-corrected chi connectivity index (χ1v) is 10.1. The van der Waals surface area contributed by atoms with Crippen molar-refractivity contribution < 1.29 is 9.72 Å². The zero-order valence-electron chi connectivity index (χ0n) is 15.4. The van der Waals surface area contributed by atoms with Crippen molar-refractivity contribution in [3.8, 4) is 10.6 Å². The Morgan fingerprint density at radius 2 is 1.80 bits per heavy atom. The van der Waals surface area contributed by atoms with Crippen LogP contribution in [0.15, 0.2) is 72.8 Å². The van der Waals surface area contributed by atoms with Gasteiger partial charge in [-0.1, -0.05) is 36.4 Å². The molecular weight excluding hydrogens is 420 g/mol. The number of hydrogen-bond donors (Lipinski definition) is 2. The first-order valence-electron chi connectivity index (χ1n) is 8.83. The number of carbonyl (C=O) groups excluding carboxylic acids is 1. The largest absolute Gasteiger partial charge is 0.332 e. The summed E-state index contributed by atoms with van der Waals surface area (Å²) in [5.74, 6) is -0.651. The van der Waals surface area contributed by atoms with Crippen LogP contribution in [-0.4, -0.2) is 20.9 Å². The summed E-state index contributed by atoms with van der Waals surface area (Å²) < 4.78 is 1.10. The molecule has 0 saturated heterocycles. The van der Waals surface area contributed by atoms with Gasteiger partial charge in [0.2, 0.25) is 0 Å². The van der Waals surface area contributed by atoms with Gasteiger partial charge in [0.1, 0.15) is 10.6 Å². The Morgan fingerprint density at radius 3 is 2.60 bits per heavy atom. The number of rotatable bonds is 4. The zero-order valence-corrected chi connectivity index (χ0v) is 17.0. The van der Waals surface area contributed by atoms with E-state index in [1.807, 2.05) is 42.5 Å². The van der Waals surface area contributed by atoms with E-state index in [-0.39, 0.29) is 16.4 Å². The highest BCUT2D eigenvalue weighted by atomic mass is 32.1. The standard InChI is InChI=1S/C21H14N4O3S2/c26-19(15-8-1-3-10-17(15)25(27)28)24-21(29)22-14-7-5-6-13(12-14)20-23-16-9-2-4-11-18(16)30-20/h1-12H,(H2,22,24,26,29). The van der Waals surface area contributed by atoms with Crippen molar-refractivity contribution in [1.29, 1.82) is 0 Å². The third-order valence-corrected chi connectivity index (χ3v) is 5.52. The first-order chi connectivity index (χ1) is 14.5. The molecule has 9 heteroatoms. The highest BCUT2D eigenvalue weighted by Crippen LogP contribution is 2.31. The van der Waals surface area contributed by atoms with Crippen LogP contribution in [0, 0.1) is 10.1 Å². The maximum absolute atomic E-state index is 12.4. The van der Waals surface area contributed by atoms with Crippen LogP contribution in [0.5, 0.6) is 0 Å². The minimum absolute atomic E-state index is 0.0413.